The summed E-state index contributed by atoms with van der Waals surface area (Å²) in [7, 11) is 0. The molecule has 17 heavy (non-hydrogen) atoms. The molecule has 0 atom stereocenters. The summed E-state index contributed by atoms with van der Waals surface area (Å²) in [5.41, 5.74) is 0.390. The number of likely N-dealkylation sites (tertiary alicyclic amines) is 1. The van der Waals surface area contributed by atoms with Gasteiger partial charge in [-0.2, -0.15) is 6.42 Å². The molecule has 1 rings (SSSR count). The minimum atomic E-state index is 0. The predicted molar refractivity (Wildman–Crippen MR) is 69.8 cm³/mol. The van der Waals surface area contributed by atoms with Crippen LogP contribution in [0.15, 0.2) is 0 Å². The summed E-state index contributed by atoms with van der Waals surface area (Å²) in [6, 6.07) is 0. The van der Waals surface area contributed by atoms with Gasteiger partial charge >= 0.3 is 18.6 Å². The summed E-state index contributed by atoms with van der Waals surface area (Å²) in [5, 5.41) is 0. The van der Waals surface area contributed by atoms with Gasteiger partial charge in [0.2, 0.25) is 5.91 Å². The van der Waals surface area contributed by atoms with Crippen molar-refractivity contribution in [2.45, 2.75) is 46.5 Å². The minimum Gasteiger partial charge on any atom is -0.358 e. The Labute approximate surface area is 119 Å². The van der Waals surface area contributed by atoms with Crippen LogP contribution in [-0.2, 0) is 23.4 Å². The molecule has 0 saturated carbocycles. The van der Waals surface area contributed by atoms with E-state index in [1.807, 2.05) is 4.90 Å². The van der Waals surface area contributed by atoms with Crippen LogP contribution < -0.4 is 0 Å². The summed E-state index contributed by atoms with van der Waals surface area (Å²) in [4.78, 5) is 13.6. The first-order chi connectivity index (χ1) is 6.95. The van der Waals surface area contributed by atoms with Gasteiger partial charge in [0.1, 0.15) is 0 Å². The summed E-state index contributed by atoms with van der Waals surface area (Å²) in [6.45, 7) is 12.5. The molecule has 0 aromatic carbocycles. The minimum absolute atomic E-state index is 0. The second-order valence-electron chi connectivity index (χ2n) is 5.62. The van der Waals surface area contributed by atoms with Crippen LogP contribution in [0, 0.1) is 25.7 Å². The molecule has 1 heterocycles. The van der Waals surface area contributed by atoms with Gasteiger partial charge in [0.25, 0.3) is 0 Å². The van der Waals surface area contributed by atoms with E-state index in [9.17, 15) is 4.79 Å². The largest absolute Gasteiger partial charge is 2.00 e. The van der Waals surface area contributed by atoms with Crippen molar-refractivity contribution >= 4 is 5.91 Å². The molecule has 1 aliphatic heterocycles. The number of hydrogen-bond donors (Lipinski definition) is 0. The molecule has 3 heteroatoms. The Kier molecular flexibility index (Phi) is 9.36. The third-order valence-corrected chi connectivity index (χ3v) is 3.46. The zero-order valence-corrected chi connectivity index (χ0v) is 13.2. The van der Waals surface area contributed by atoms with Crippen molar-refractivity contribution in [2.24, 2.45) is 11.3 Å². The summed E-state index contributed by atoms with van der Waals surface area (Å²) < 4.78 is 0. The van der Waals surface area contributed by atoms with Gasteiger partial charge in [0.05, 0.1) is 0 Å². The number of hydrogen-bond acceptors (Lipinski definition) is 1. The number of nitrogens with zero attached hydrogens (tertiary/aromatic N) is 1. The first kappa shape index (κ1) is 19.4. The molecule has 1 saturated heterocycles. The zero-order valence-electron chi connectivity index (χ0n) is 11.8. The third-order valence-electron chi connectivity index (χ3n) is 3.46. The van der Waals surface area contributed by atoms with E-state index in [2.05, 4.69) is 27.7 Å². The van der Waals surface area contributed by atoms with Crippen molar-refractivity contribution < 1.29 is 23.4 Å². The molecule has 0 aromatic heterocycles. The van der Waals surface area contributed by atoms with Crippen LogP contribution in [0.1, 0.15) is 46.5 Å². The second-order valence-corrected chi connectivity index (χ2v) is 5.62. The number of carbonyl (C=O) groups excluding carboxylic acids is 1. The molecule has 0 N–H and O–H groups in total. The van der Waals surface area contributed by atoms with E-state index in [-0.39, 0.29) is 31.9 Å². The molecule has 99 valence electrons. The molecule has 1 radical (unpaired) electrons. The molecule has 0 aromatic rings. The summed E-state index contributed by atoms with van der Waals surface area (Å²) in [5.74, 6) is 1.05. The standard InChI is InChI=1S/C13H24NO.CH3.V/c1-5-6-12(15)14-9-7-11(8-10-14)13(2,3)4;;/h11H,1,5-10H2,2-4H3;1H3;/q2*-1;+2. The molecule has 2 nitrogen and oxygen atoms in total. The SMILES string of the molecule is [CH2-]CCC(=O)N1CCC(C(C)(C)C)CC1.[CH3-].[V+2]. The van der Waals surface area contributed by atoms with Gasteiger partial charge in [-0.05, 0) is 30.6 Å². The van der Waals surface area contributed by atoms with E-state index < -0.39 is 0 Å². The molecular formula is C14H27NOV. The molecular weight excluding hydrogens is 249 g/mol. The van der Waals surface area contributed by atoms with Crippen LogP contribution in [0.25, 0.3) is 0 Å². The molecule has 0 unspecified atom stereocenters. The van der Waals surface area contributed by atoms with Gasteiger partial charge in [-0.25, -0.2) is 0 Å². The third kappa shape index (κ3) is 5.97. The van der Waals surface area contributed by atoms with Crippen molar-refractivity contribution in [1.29, 1.82) is 0 Å². The fraction of sp³-hybridized carbons (Fsp3) is 0.786. The average Bonchev–Trinajstić information content (AvgIpc) is 2.17. The van der Waals surface area contributed by atoms with E-state index >= 15 is 0 Å². The van der Waals surface area contributed by atoms with Crippen molar-refractivity contribution in [3.63, 3.8) is 0 Å². The van der Waals surface area contributed by atoms with Crippen molar-refractivity contribution in [3.8, 4) is 0 Å². The maximum Gasteiger partial charge on any atom is 2.00 e. The summed E-state index contributed by atoms with van der Waals surface area (Å²) >= 11 is 0. The normalized spacial score (nSPS) is 17.1. The number of rotatable bonds is 2. The van der Waals surface area contributed by atoms with Gasteiger partial charge in [-0.15, -0.1) is 0 Å². The number of piperidine rings is 1. The van der Waals surface area contributed by atoms with Crippen molar-refractivity contribution in [2.75, 3.05) is 13.1 Å². The first-order valence-corrected chi connectivity index (χ1v) is 6.02. The number of carbonyl (C=O) groups is 1. The second kappa shape index (κ2) is 8.21. The Bertz CT molecular complexity index is 215. The number of amides is 1. The Morgan fingerprint density at radius 1 is 1.29 bits per heavy atom. The van der Waals surface area contributed by atoms with E-state index in [1.165, 1.54) is 0 Å². The molecule has 0 spiro atoms. The van der Waals surface area contributed by atoms with Crippen LogP contribution in [0.2, 0.25) is 0 Å². The Balaban J connectivity index is 0. The van der Waals surface area contributed by atoms with Crippen molar-refractivity contribution in [3.05, 3.63) is 14.4 Å². The Hall–Kier alpha value is 0.0544. The van der Waals surface area contributed by atoms with Crippen LogP contribution in [0.5, 0.6) is 0 Å². The van der Waals surface area contributed by atoms with Gasteiger partial charge < -0.3 is 19.3 Å². The smallest absolute Gasteiger partial charge is 0.358 e. The van der Waals surface area contributed by atoms with Crippen LogP contribution in [-0.4, -0.2) is 23.9 Å². The predicted octanol–water partition coefficient (Wildman–Crippen LogP) is 3.33. The maximum atomic E-state index is 11.6. The van der Waals surface area contributed by atoms with Gasteiger partial charge in [-0.3, -0.25) is 4.79 Å². The zero-order chi connectivity index (χ0) is 11.5. The summed E-state index contributed by atoms with van der Waals surface area (Å²) in [6.07, 6.45) is 3.65. The fourth-order valence-corrected chi connectivity index (χ4v) is 2.30. The fourth-order valence-electron chi connectivity index (χ4n) is 2.30. The van der Waals surface area contributed by atoms with Crippen LogP contribution >= 0.6 is 0 Å². The molecule has 1 amide bonds. The van der Waals surface area contributed by atoms with Crippen LogP contribution in [0.3, 0.4) is 0 Å². The molecule has 0 bridgehead atoms. The van der Waals surface area contributed by atoms with E-state index in [1.54, 1.807) is 0 Å². The molecule has 0 aliphatic carbocycles. The Morgan fingerprint density at radius 2 is 1.76 bits per heavy atom. The molecule has 1 fully saturated rings. The van der Waals surface area contributed by atoms with Gasteiger partial charge in [-0.1, -0.05) is 20.8 Å². The first-order valence-electron chi connectivity index (χ1n) is 6.02. The monoisotopic (exact) mass is 276 g/mol. The molecule has 1 aliphatic rings. The van der Waals surface area contributed by atoms with Crippen molar-refractivity contribution in [1.82, 2.24) is 4.90 Å². The average molecular weight is 276 g/mol. The van der Waals surface area contributed by atoms with Gasteiger partial charge in [0.15, 0.2) is 0 Å². The van der Waals surface area contributed by atoms with E-state index in [0.717, 1.165) is 38.3 Å². The Morgan fingerprint density at radius 3 is 2.12 bits per heavy atom. The van der Waals surface area contributed by atoms with Gasteiger partial charge in [0, 0.05) is 13.1 Å². The quantitative estimate of drug-likeness (QED) is 0.708. The van der Waals surface area contributed by atoms with E-state index in [4.69, 9.17) is 0 Å². The maximum absolute atomic E-state index is 11.6. The van der Waals surface area contributed by atoms with E-state index in [0.29, 0.717) is 11.8 Å². The van der Waals surface area contributed by atoms with Crippen LogP contribution in [0.4, 0.5) is 0 Å². The topological polar surface area (TPSA) is 20.3 Å².